The van der Waals surface area contributed by atoms with E-state index in [0.29, 0.717) is 12.8 Å². The van der Waals surface area contributed by atoms with Gasteiger partial charge in [-0.05, 0) is 56.1 Å². The predicted molar refractivity (Wildman–Crippen MR) is 104 cm³/mol. The van der Waals surface area contributed by atoms with Crippen LogP contribution in [0.5, 0.6) is 0 Å². The van der Waals surface area contributed by atoms with Crippen LogP contribution in [0.15, 0.2) is 23.8 Å². The fraction of sp³-hybridized carbons (Fsp3) is 0.714. The number of aliphatic hydroxyl groups is 2. The van der Waals surface area contributed by atoms with Gasteiger partial charge in [-0.25, -0.2) is 0 Å². The molecule has 0 radical (unpaired) electrons. The van der Waals surface area contributed by atoms with Gasteiger partial charge in [0.2, 0.25) is 0 Å². The lowest BCUT2D eigenvalue weighted by Crippen LogP contribution is -2.62. The van der Waals surface area contributed by atoms with Crippen molar-refractivity contribution in [3.63, 3.8) is 0 Å². The average Bonchev–Trinajstić information content (AvgIpc) is 2.86. The number of ketones is 2. The van der Waals surface area contributed by atoms with Crippen molar-refractivity contribution in [1.29, 1.82) is 0 Å². The predicted octanol–water partition coefficient (Wildman–Crippen LogP) is 1.95. The molecule has 6 heteroatoms. The van der Waals surface area contributed by atoms with E-state index in [4.69, 9.17) is 5.73 Å². The van der Waals surface area contributed by atoms with Gasteiger partial charge < -0.3 is 15.9 Å². The van der Waals surface area contributed by atoms with Crippen LogP contribution < -0.4 is 5.73 Å². The summed E-state index contributed by atoms with van der Waals surface area (Å²) in [5, 5.41) is 22.4. The van der Waals surface area contributed by atoms with Gasteiger partial charge in [-0.2, -0.15) is 0 Å². The lowest BCUT2D eigenvalue weighted by atomic mass is 9.46. The van der Waals surface area contributed by atoms with Crippen molar-refractivity contribution in [2.45, 2.75) is 57.7 Å². The molecular weight excluding hydrogens is 366 g/mol. The third-order valence-corrected chi connectivity index (χ3v) is 8.29. The largest absolute Gasteiger partial charge is 0.393 e. The molecular formula is C21H30ClNO4. The van der Waals surface area contributed by atoms with Crippen molar-refractivity contribution in [3.8, 4) is 0 Å². The summed E-state index contributed by atoms with van der Waals surface area (Å²) < 4.78 is 0. The summed E-state index contributed by atoms with van der Waals surface area (Å²) in [5.74, 6) is 0.137. The summed E-state index contributed by atoms with van der Waals surface area (Å²) in [6, 6.07) is 0. The number of carbonyl (C=O) groups is 2. The quantitative estimate of drug-likeness (QED) is 0.663. The summed E-state index contributed by atoms with van der Waals surface area (Å²) in [6.07, 6.45) is 8.02. The molecule has 0 aliphatic heterocycles. The Morgan fingerprint density at radius 1 is 1.33 bits per heavy atom. The molecule has 0 spiro atoms. The van der Waals surface area contributed by atoms with Crippen LogP contribution in [0.1, 0.15) is 46.0 Å². The van der Waals surface area contributed by atoms with Crippen molar-refractivity contribution in [2.24, 2.45) is 34.3 Å². The Morgan fingerprint density at radius 2 is 2.04 bits per heavy atom. The van der Waals surface area contributed by atoms with Gasteiger partial charge >= 0.3 is 0 Å². The Morgan fingerprint density at radius 3 is 2.70 bits per heavy atom. The first-order chi connectivity index (χ1) is 12.2. The SMILES string of the molecule is C[C@]12C=CC(=O)C=C1CC[C@H]1[C@@H]2[C@@H](O)C[C@@]2(C)[C@@H]1CC[C@]2(O)C(=O)CN.Cl. The second-order valence-corrected chi connectivity index (χ2v) is 9.24. The molecule has 27 heavy (non-hydrogen) atoms. The van der Waals surface area contributed by atoms with Crippen LogP contribution in [0.3, 0.4) is 0 Å². The molecule has 4 rings (SSSR count). The smallest absolute Gasteiger partial charge is 0.178 e. The molecule has 3 saturated carbocycles. The van der Waals surface area contributed by atoms with E-state index >= 15 is 0 Å². The summed E-state index contributed by atoms with van der Waals surface area (Å²) in [5.41, 5.74) is 4.29. The van der Waals surface area contributed by atoms with E-state index in [1.54, 1.807) is 12.2 Å². The van der Waals surface area contributed by atoms with Gasteiger partial charge in [0.15, 0.2) is 11.6 Å². The first kappa shape index (κ1) is 20.7. The number of nitrogens with two attached hydrogens (primary N) is 1. The second kappa shape index (κ2) is 6.51. The Labute approximate surface area is 166 Å². The molecule has 5 nitrogen and oxygen atoms in total. The molecule has 4 N–H and O–H groups in total. The second-order valence-electron chi connectivity index (χ2n) is 9.24. The van der Waals surface area contributed by atoms with Crippen LogP contribution in [0.4, 0.5) is 0 Å². The molecule has 4 aliphatic rings. The van der Waals surface area contributed by atoms with Gasteiger partial charge in [0.25, 0.3) is 0 Å². The third kappa shape index (κ3) is 2.55. The van der Waals surface area contributed by atoms with Crippen LogP contribution in [-0.4, -0.2) is 40.0 Å². The Kier molecular flexibility index (Phi) is 5.00. The highest BCUT2D eigenvalue weighted by atomic mass is 35.5. The standard InChI is InChI=1S/C21H29NO4.ClH/c1-19-7-5-13(23)9-12(19)3-4-14-15-6-8-21(26,17(25)11-22)20(15,2)10-16(24)18(14)19;/h5,7,9,14-16,18,24,26H,3-4,6,8,10-11,22H2,1-2H3;1H/t14-,15-,16+,18-,19+,20+,21+;/m1./s1. The van der Waals surface area contributed by atoms with E-state index in [1.165, 1.54) is 0 Å². The normalized spacial score (nSPS) is 48.0. The Bertz CT molecular complexity index is 734. The number of hydrogen-bond donors (Lipinski definition) is 3. The number of hydrogen-bond acceptors (Lipinski definition) is 5. The van der Waals surface area contributed by atoms with Crippen LogP contribution >= 0.6 is 12.4 Å². The van der Waals surface area contributed by atoms with Crippen molar-refractivity contribution < 1.29 is 19.8 Å². The number of aliphatic hydroxyl groups excluding tert-OH is 1. The van der Waals surface area contributed by atoms with Crippen LogP contribution in [0.25, 0.3) is 0 Å². The van der Waals surface area contributed by atoms with Gasteiger partial charge in [-0.15, -0.1) is 12.4 Å². The molecule has 0 unspecified atom stereocenters. The van der Waals surface area contributed by atoms with Crippen molar-refractivity contribution in [3.05, 3.63) is 23.8 Å². The minimum Gasteiger partial charge on any atom is -0.393 e. The minimum atomic E-state index is -1.44. The monoisotopic (exact) mass is 395 g/mol. The maximum atomic E-state index is 12.5. The Hall–Kier alpha value is -1.01. The van der Waals surface area contributed by atoms with Crippen LogP contribution in [0, 0.1) is 28.6 Å². The molecule has 4 aliphatic carbocycles. The van der Waals surface area contributed by atoms with E-state index in [2.05, 4.69) is 6.92 Å². The summed E-state index contributed by atoms with van der Waals surface area (Å²) in [4.78, 5) is 24.3. The van der Waals surface area contributed by atoms with E-state index in [1.807, 2.05) is 13.0 Å². The maximum Gasteiger partial charge on any atom is 0.178 e. The number of rotatable bonds is 2. The highest BCUT2D eigenvalue weighted by Crippen LogP contribution is 2.66. The molecule has 0 heterocycles. The van der Waals surface area contributed by atoms with Crippen LogP contribution in [0.2, 0.25) is 0 Å². The van der Waals surface area contributed by atoms with Gasteiger partial charge in [0.05, 0.1) is 12.6 Å². The highest BCUT2D eigenvalue weighted by Gasteiger charge is 2.67. The van der Waals surface area contributed by atoms with Crippen LogP contribution in [-0.2, 0) is 9.59 Å². The van der Waals surface area contributed by atoms with E-state index in [-0.39, 0.29) is 53.7 Å². The molecule has 0 saturated heterocycles. The first-order valence-corrected chi connectivity index (χ1v) is 9.75. The number of fused-ring (bicyclic) bond motifs is 5. The van der Waals surface area contributed by atoms with E-state index < -0.39 is 17.1 Å². The van der Waals surface area contributed by atoms with E-state index in [9.17, 15) is 19.8 Å². The van der Waals surface area contributed by atoms with E-state index in [0.717, 1.165) is 24.8 Å². The summed E-state index contributed by atoms with van der Waals surface area (Å²) in [7, 11) is 0. The zero-order valence-electron chi connectivity index (χ0n) is 16.0. The van der Waals surface area contributed by atoms with Gasteiger partial charge in [0.1, 0.15) is 5.60 Å². The van der Waals surface area contributed by atoms with Crippen molar-refractivity contribution in [1.82, 2.24) is 0 Å². The van der Waals surface area contributed by atoms with Gasteiger partial charge in [0, 0.05) is 16.7 Å². The molecule has 0 bridgehead atoms. The summed E-state index contributed by atoms with van der Waals surface area (Å²) >= 11 is 0. The lowest BCUT2D eigenvalue weighted by Gasteiger charge is -2.59. The Balaban J connectivity index is 0.00000210. The topological polar surface area (TPSA) is 101 Å². The van der Waals surface area contributed by atoms with Gasteiger partial charge in [-0.1, -0.05) is 25.5 Å². The van der Waals surface area contributed by atoms with Gasteiger partial charge in [-0.3, -0.25) is 9.59 Å². The summed E-state index contributed by atoms with van der Waals surface area (Å²) in [6.45, 7) is 3.92. The molecule has 7 atom stereocenters. The molecule has 0 aromatic heterocycles. The molecule has 150 valence electrons. The molecule has 0 aromatic rings. The number of halogens is 1. The zero-order valence-corrected chi connectivity index (χ0v) is 16.8. The first-order valence-electron chi connectivity index (χ1n) is 9.75. The van der Waals surface area contributed by atoms with Crippen molar-refractivity contribution in [2.75, 3.05) is 6.54 Å². The molecule has 0 amide bonds. The third-order valence-electron chi connectivity index (χ3n) is 8.29. The average molecular weight is 396 g/mol. The fourth-order valence-electron chi connectivity index (χ4n) is 6.96. The number of allylic oxidation sites excluding steroid dienone is 4. The molecule has 3 fully saturated rings. The maximum absolute atomic E-state index is 12.5. The molecule has 0 aromatic carbocycles. The fourth-order valence-corrected chi connectivity index (χ4v) is 6.96. The lowest BCUT2D eigenvalue weighted by molar-refractivity contribution is -0.175. The zero-order chi connectivity index (χ0) is 18.9. The minimum absolute atomic E-state index is 0. The van der Waals surface area contributed by atoms with Crippen molar-refractivity contribution >= 4 is 24.0 Å². The highest BCUT2D eigenvalue weighted by molar-refractivity contribution is 6.01. The number of Topliss-reactive ketones (excluding diaryl/α,β-unsaturated/α-hetero) is 1. The number of carbonyl (C=O) groups excluding carboxylic acids is 2.